The molecular weight excluding hydrogens is 281 g/mol. The lowest BCUT2D eigenvalue weighted by atomic mass is 9.84. The normalized spacial score (nSPS) is 11.8. The van der Waals surface area contributed by atoms with Gasteiger partial charge in [0.25, 0.3) is 0 Å². The van der Waals surface area contributed by atoms with Gasteiger partial charge in [-0.15, -0.1) is 0 Å². The zero-order valence-electron chi connectivity index (χ0n) is 11.0. The van der Waals surface area contributed by atoms with Crippen molar-refractivity contribution >= 4 is 23.2 Å². The van der Waals surface area contributed by atoms with Crippen LogP contribution in [-0.2, 0) is 12.0 Å². The van der Waals surface area contributed by atoms with Gasteiger partial charge in [0, 0.05) is 30.4 Å². The number of benzene rings is 1. The number of nitrogens with one attached hydrogen (secondary N) is 2. The molecule has 1 aromatic heterocycles. The molecule has 0 amide bonds. The molecular formula is C14H17Cl2N3. The van der Waals surface area contributed by atoms with Crippen LogP contribution >= 0.6 is 23.2 Å². The first-order valence-electron chi connectivity index (χ1n) is 6.13. The summed E-state index contributed by atoms with van der Waals surface area (Å²) in [6.45, 7) is 5.95. The highest BCUT2D eigenvalue weighted by Gasteiger charge is 2.21. The van der Waals surface area contributed by atoms with Crippen LogP contribution in [0.1, 0.15) is 25.1 Å². The summed E-state index contributed by atoms with van der Waals surface area (Å²) < 4.78 is 0. The maximum atomic E-state index is 6.07. The van der Waals surface area contributed by atoms with Gasteiger partial charge in [0.2, 0.25) is 0 Å². The Balaban J connectivity index is 1.98. The fourth-order valence-electron chi connectivity index (χ4n) is 1.91. The van der Waals surface area contributed by atoms with E-state index in [4.69, 9.17) is 23.2 Å². The van der Waals surface area contributed by atoms with Crippen LogP contribution in [0.15, 0.2) is 30.5 Å². The van der Waals surface area contributed by atoms with E-state index < -0.39 is 0 Å². The van der Waals surface area contributed by atoms with Crippen LogP contribution < -0.4 is 5.32 Å². The van der Waals surface area contributed by atoms with Crippen molar-refractivity contribution in [2.75, 3.05) is 6.54 Å². The molecule has 0 aliphatic carbocycles. The second kappa shape index (κ2) is 5.95. The minimum Gasteiger partial charge on any atom is -0.310 e. The third-order valence-corrected chi connectivity index (χ3v) is 3.88. The van der Waals surface area contributed by atoms with E-state index >= 15 is 0 Å². The van der Waals surface area contributed by atoms with Crippen molar-refractivity contribution in [2.45, 2.75) is 25.8 Å². The van der Waals surface area contributed by atoms with E-state index in [-0.39, 0.29) is 5.41 Å². The SMILES string of the molecule is CC(C)(CNCc1ccn[nH]1)c1ccc(Cl)c(Cl)c1. The van der Waals surface area contributed by atoms with E-state index in [9.17, 15) is 0 Å². The molecule has 0 atom stereocenters. The molecule has 0 radical (unpaired) electrons. The van der Waals surface area contributed by atoms with Crippen molar-refractivity contribution in [3.05, 3.63) is 51.8 Å². The van der Waals surface area contributed by atoms with Gasteiger partial charge in [0.1, 0.15) is 0 Å². The largest absolute Gasteiger partial charge is 0.310 e. The van der Waals surface area contributed by atoms with Crippen LogP contribution in [0.3, 0.4) is 0 Å². The third-order valence-electron chi connectivity index (χ3n) is 3.14. The molecule has 0 aliphatic rings. The van der Waals surface area contributed by atoms with Gasteiger partial charge in [0.15, 0.2) is 0 Å². The van der Waals surface area contributed by atoms with E-state index in [1.165, 1.54) is 5.56 Å². The average Bonchev–Trinajstić information content (AvgIpc) is 2.85. The fourth-order valence-corrected chi connectivity index (χ4v) is 2.21. The van der Waals surface area contributed by atoms with Gasteiger partial charge >= 0.3 is 0 Å². The van der Waals surface area contributed by atoms with Gasteiger partial charge in [-0.2, -0.15) is 5.10 Å². The van der Waals surface area contributed by atoms with Crippen LogP contribution in [0.25, 0.3) is 0 Å². The lowest BCUT2D eigenvalue weighted by Crippen LogP contribution is -2.32. The molecule has 2 N–H and O–H groups in total. The lowest BCUT2D eigenvalue weighted by molar-refractivity contribution is 0.467. The summed E-state index contributed by atoms with van der Waals surface area (Å²) >= 11 is 12.0. The van der Waals surface area contributed by atoms with Crippen LogP contribution in [0, 0.1) is 0 Å². The quantitative estimate of drug-likeness (QED) is 0.882. The standard InChI is InChI=1S/C14H17Cl2N3/c1-14(2,9-17-8-11-5-6-18-19-11)10-3-4-12(15)13(16)7-10/h3-7,17H,8-9H2,1-2H3,(H,18,19). The summed E-state index contributed by atoms with van der Waals surface area (Å²) in [6, 6.07) is 7.75. The summed E-state index contributed by atoms with van der Waals surface area (Å²) in [6.07, 6.45) is 1.75. The minimum absolute atomic E-state index is 0.0196. The second-order valence-corrected chi connectivity index (χ2v) is 6.01. The number of H-pyrrole nitrogens is 1. The molecule has 19 heavy (non-hydrogen) atoms. The molecule has 102 valence electrons. The Kier molecular flexibility index (Phi) is 4.50. The smallest absolute Gasteiger partial charge is 0.0595 e. The highest BCUT2D eigenvalue weighted by Crippen LogP contribution is 2.29. The van der Waals surface area contributed by atoms with Crippen molar-refractivity contribution in [3.8, 4) is 0 Å². The number of nitrogens with zero attached hydrogens (tertiary/aromatic N) is 1. The first-order chi connectivity index (χ1) is 8.99. The van der Waals surface area contributed by atoms with Crippen molar-refractivity contribution in [1.29, 1.82) is 0 Å². The van der Waals surface area contributed by atoms with Crippen LogP contribution in [0.4, 0.5) is 0 Å². The monoisotopic (exact) mass is 297 g/mol. The second-order valence-electron chi connectivity index (χ2n) is 5.20. The van der Waals surface area contributed by atoms with Gasteiger partial charge in [-0.25, -0.2) is 0 Å². The molecule has 0 saturated carbocycles. The molecule has 0 fully saturated rings. The van der Waals surface area contributed by atoms with Gasteiger partial charge in [-0.3, -0.25) is 5.10 Å². The Labute approximate surface area is 123 Å². The highest BCUT2D eigenvalue weighted by molar-refractivity contribution is 6.42. The van der Waals surface area contributed by atoms with Crippen LogP contribution in [0.2, 0.25) is 10.0 Å². The van der Waals surface area contributed by atoms with Gasteiger partial charge in [0.05, 0.1) is 10.0 Å². The minimum atomic E-state index is -0.0196. The first kappa shape index (κ1) is 14.4. The number of aromatic nitrogens is 2. The molecule has 1 heterocycles. The molecule has 0 unspecified atom stereocenters. The van der Waals surface area contributed by atoms with Crippen molar-refractivity contribution in [1.82, 2.24) is 15.5 Å². The lowest BCUT2D eigenvalue weighted by Gasteiger charge is -2.26. The molecule has 0 spiro atoms. The third kappa shape index (κ3) is 3.72. The van der Waals surface area contributed by atoms with Crippen molar-refractivity contribution in [3.63, 3.8) is 0 Å². The summed E-state index contributed by atoms with van der Waals surface area (Å²) in [5.74, 6) is 0. The molecule has 2 rings (SSSR count). The van der Waals surface area contributed by atoms with Crippen LogP contribution in [-0.4, -0.2) is 16.7 Å². The molecule has 0 bridgehead atoms. The van der Waals surface area contributed by atoms with Crippen LogP contribution in [0.5, 0.6) is 0 Å². The Bertz CT molecular complexity index is 536. The highest BCUT2D eigenvalue weighted by atomic mass is 35.5. The topological polar surface area (TPSA) is 40.7 Å². The van der Waals surface area contributed by atoms with E-state index in [1.54, 1.807) is 6.20 Å². The number of hydrogen-bond acceptors (Lipinski definition) is 2. The van der Waals surface area contributed by atoms with E-state index in [0.717, 1.165) is 18.8 Å². The summed E-state index contributed by atoms with van der Waals surface area (Å²) in [5, 5.41) is 11.4. The van der Waals surface area contributed by atoms with Crippen molar-refractivity contribution < 1.29 is 0 Å². The van der Waals surface area contributed by atoms with Gasteiger partial charge in [-0.1, -0.05) is 43.1 Å². The number of rotatable bonds is 5. The Morgan fingerprint density at radius 3 is 2.63 bits per heavy atom. The molecule has 5 heteroatoms. The van der Waals surface area contributed by atoms with Crippen molar-refractivity contribution in [2.24, 2.45) is 0 Å². The maximum absolute atomic E-state index is 6.07. The number of aromatic amines is 1. The number of halogens is 2. The molecule has 2 aromatic rings. The first-order valence-corrected chi connectivity index (χ1v) is 6.89. The Hall–Kier alpha value is -1.03. The van der Waals surface area contributed by atoms with E-state index in [2.05, 4.69) is 29.4 Å². The molecule has 1 aromatic carbocycles. The fraction of sp³-hybridized carbons (Fsp3) is 0.357. The Morgan fingerprint density at radius 2 is 2.00 bits per heavy atom. The molecule has 0 aliphatic heterocycles. The van der Waals surface area contributed by atoms with Gasteiger partial charge in [-0.05, 0) is 23.8 Å². The van der Waals surface area contributed by atoms with E-state index in [1.807, 2.05) is 24.3 Å². The maximum Gasteiger partial charge on any atom is 0.0595 e. The molecule has 0 saturated heterocycles. The summed E-state index contributed by atoms with van der Waals surface area (Å²) in [5.41, 5.74) is 2.22. The predicted octanol–water partition coefficient (Wildman–Crippen LogP) is 3.78. The molecule has 3 nitrogen and oxygen atoms in total. The zero-order chi connectivity index (χ0) is 13.9. The predicted molar refractivity (Wildman–Crippen MR) is 79.8 cm³/mol. The van der Waals surface area contributed by atoms with E-state index in [0.29, 0.717) is 10.0 Å². The average molecular weight is 298 g/mol. The number of hydrogen-bond donors (Lipinski definition) is 2. The summed E-state index contributed by atoms with van der Waals surface area (Å²) in [7, 11) is 0. The van der Waals surface area contributed by atoms with Gasteiger partial charge < -0.3 is 5.32 Å². The Morgan fingerprint density at radius 1 is 1.21 bits per heavy atom. The zero-order valence-corrected chi connectivity index (χ0v) is 12.5. The summed E-state index contributed by atoms with van der Waals surface area (Å²) in [4.78, 5) is 0.